The van der Waals surface area contributed by atoms with Crippen molar-refractivity contribution in [2.75, 3.05) is 0 Å². The van der Waals surface area contributed by atoms with E-state index in [1.54, 1.807) is 48.5 Å². The fourth-order valence-corrected chi connectivity index (χ4v) is 4.48. The van der Waals surface area contributed by atoms with Gasteiger partial charge in [0.15, 0.2) is 5.76 Å². The van der Waals surface area contributed by atoms with Crippen LogP contribution >= 0.6 is 11.6 Å². The van der Waals surface area contributed by atoms with Crippen LogP contribution < -0.4 is 10.3 Å². The van der Waals surface area contributed by atoms with E-state index in [2.05, 4.69) is 11.2 Å². The molecule has 0 aliphatic carbocycles. The van der Waals surface area contributed by atoms with Crippen molar-refractivity contribution in [1.29, 1.82) is 5.26 Å². The van der Waals surface area contributed by atoms with Gasteiger partial charge in [-0.05, 0) is 54.1 Å². The lowest BCUT2D eigenvalue weighted by molar-refractivity contribution is 0.306. The van der Waals surface area contributed by atoms with Crippen molar-refractivity contribution in [3.05, 3.63) is 129 Å². The first-order chi connectivity index (χ1) is 19.1. The van der Waals surface area contributed by atoms with Gasteiger partial charge in [0.25, 0.3) is 5.56 Å². The third kappa shape index (κ3) is 4.77. The van der Waals surface area contributed by atoms with E-state index in [1.165, 1.54) is 10.9 Å². The number of aromatic nitrogens is 2. The largest absolute Gasteiger partial charge is 0.487 e. The summed E-state index contributed by atoms with van der Waals surface area (Å²) in [5.41, 5.74) is 2.88. The second kappa shape index (κ2) is 10.3. The van der Waals surface area contributed by atoms with Crippen molar-refractivity contribution in [3.63, 3.8) is 0 Å². The molecule has 4 aromatic carbocycles. The van der Waals surface area contributed by atoms with Gasteiger partial charge in [0, 0.05) is 10.9 Å². The van der Waals surface area contributed by atoms with Crippen LogP contribution in [0.2, 0.25) is 5.02 Å². The lowest BCUT2D eigenvalue weighted by atomic mass is 10.1. The van der Waals surface area contributed by atoms with Crippen LogP contribution in [0.4, 0.5) is 0 Å². The summed E-state index contributed by atoms with van der Waals surface area (Å²) in [6.07, 6.45) is 1.53. The Morgan fingerprint density at radius 3 is 2.64 bits per heavy atom. The van der Waals surface area contributed by atoms with Crippen molar-refractivity contribution < 1.29 is 9.15 Å². The molecular formula is C31H19ClN4O3. The van der Waals surface area contributed by atoms with Crippen molar-refractivity contribution in [2.45, 2.75) is 6.61 Å². The quantitative estimate of drug-likeness (QED) is 0.221. The molecule has 0 unspecified atom stereocenters. The van der Waals surface area contributed by atoms with Crippen molar-refractivity contribution in [2.24, 2.45) is 5.10 Å². The predicted molar refractivity (Wildman–Crippen MR) is 151 cm³/mol. The third-order valence-electron chi connectivity index (χ3n) is 6.20. The van der Waals surface area contributed by atoms with E-state index in [9.17, 15) is 10.1 Å². The molecular weight excluding hydrogens is 512 g/mol. The number of hydrogen-bond donors (Lipinski definition) is 0. The van der Waals surface area contributed by atoms with Gasteiger partial charge in [0.05, 0.1) is 33.8 Å². The summed E-state index contributed by atoms with van der Waals surface area (Å²) < 4.78 is 13.1. The zero-order chi connectivity index (χ0) is 26.8. The van der Waals surface area contributed by atoms with Crippen molar-refractivity contribution in [1.82, 2.24) is 9.66 Å². The van der Waals surface area contributed by atoms with E-state index in [4.69, 9.17) is 25.7 Å². The van der Waals surface area contributed by atoms with E-state index < -0.39 is 0 Å². The first-order valence-electron chi connectivity index (χ1n) is 12.1. The maximum atomic E-state index is 13.5. The average Bonchev–Trinajstić information content (AvgIpc) is 3.40. The Balaban J connectivity index is 1.34. The first kappa shape index (κ1) is 24.2. The Labute approximate surface area is 227 Å². The molecule has 0 aliphatic rings. The van der Waals surface area contributed by atoms with E-state index in [0.717, 1.165) is 10.9 Å². The molecule has 7 nitrogen and oxygen atoms in total. The predicted octanol–water partition coefficient (Wildman–Crippen LogP) is 6.80. The number of halogens is 1. The molecule has 0 atom stereocenters. The molecule has 0 saturated carbocycles. The molecule has 0 bridgehead atoms. The number of benzene rings is 4. The minimum absolute atomic E-state index is 0.204. The SMILES string of the molecule is N#Cc1ccccc1COc1ccc(C=Nn2c(-c3cc4ccccc4o3)nc3ccccc3c2=O)cc1Cl. The highest BCUT2D eigenvalue weighted by Crippen LogP contribution is 2.28. The molecule has 0 radical (unpaired) electrons. The number of para-hydroxylation sites is 2. The van der Waals surface area contributed by atoms with Crippen LogP contribution in [-0.2, 0) is 6.61 Å². The van der Waals surface area contributed by atoms with Crippen LogP contribution in [0.1, 0.15) is 16.7 Å². The Bertz CT molecular complexity index is 1950. The van der Waals surface area contributed by atoms with Crippen LogP contribution in [0.25, 0.3) is 33.5 Å². The molecule has 2 heterocycles. The van der Waals surface area contributed by atoms with Gasteiger partial charge >= 0.3 is 0 Å². The van der Waals surface area contributed by atoms with Gasteiger partial charge in [-0.2, -0.15) is 15.0 Å². The molecule has 2 aromatic heterocycles. The lowest BCUT2D eigenvalue weighted by Gasteiger charge is -2.10. The van der Waals surface area contributed by atoms with Gasteiger partial charge in [-0.25, -0.2) is 4.98 Å². The standard InChI is InChI=1S/C31H19ClN4O3/c32-25-15-20(13-14-28(25)38-19-23-9-2-1-8-22(23)17-33)18-34-36-30(29-16-21-7-3-6-12-27(21)39-29)35-26-11-5-4-10-24(26)31(36)37/h1-16,18H,19H2. The highest BCUT2D eigenvalue weighted by Gasteiger charge is 2.16. The van der Waals surface area contributed by atoms with Crippen LogP contribution in [0.5, 0.6) is 5.75 Å². The van der Waals surface area contributed by atoms with Crippen LogP contribution in [0.15, 0.2) is 111 Å². The zero-order valence-electron chi connectivity index (χ0n) is 20.4. The second-order valence-electron chi connectivity index (χ2n) is 8.71. The Kier molecular flexibility index (Phi) is 6.37. The molecule has 6 aromatic rings. The minimum atomic E-state index is -0.325. The van der Waals surface area contributed by atoms with Gasteiger partial charge < -0.3 is 9.15 Å². The number of fused-ring (bicyclic) bond motifs is 2. The van der Waals surface area contributed by atoms with Gasteiger partial charge in [-0.3, -0.25) is 4.79 Å². The minimum Gasteiger partial charge on any atom is -0.487 e. The summed E-state index contributed by atoms with van der Waals surface area (Å²) in [7, 11) is 0. The fourth-order valence-electron chi connectivity index (χ4n) is 4.23. The van der Waals surface area contributed by atoms with Gasteiger partial charge in [0.2, 0.25) is 5.82 Å². The molecule has 0 N–H and O–H groups in total. The fraction of sp³-hybridized carbons (Fsp3) is 0.0323. The summed E-state index contributed by atoms with van der Waals surface area (Å²) >= 11 is 6.49. The molecule has 188 valence electrons. The Morgan fingerprint density at radius 1 is 1.00 bits per heavy atom. The summed E-state index contributed by atoms with van der Waals surface area (Å²) in [6.45, 7) is 0.204. The summed E-state index contributed by atoms with van der Waals surface area (Å²) in [4.78, 5) is 18.2. The molecule has 6 rings (SSSR count). The highest BCUT2D eigenvalue weighted by molar-refractivity contribution is 6.32. The molecule has 8 heteroatoms. The van der Waals surface area contributed by atoms with Gasteiger partial charge in [-0.1, -0.05) is 60.1 Å². The molecule has 39 heavy (non-hydrogen) atoms. The number of ether oxygens (including phenoxy) is 1. The maximum absolute atomic E-state index is 13.5. The lowest BCUT2D eigenvalue weighted by Crippen LogP contribution is -2.20. The summed E-state index contributed by atoms with van der Waals surface area (Å²) in [6, 6.07) is 31.1. The molecule has 0 spiro atoms. The number of furan rings is 1. The second-order valence-corrected chi connectivity index (χ2v) is 9.12. The zero-order valence-corrected chi connectivity index (χ0v) is 21.2. The molecule has 0 amide bonds. The average molecular weight is 531 g/mol. The number of nitrogens with zero attached hydrogens (tertiary/aromatic N) is 4. The molecule has 0 fully saturated rings. The number of rotatable bonds is 6. The van der Waals surface area contributed by atoms with Gasteiger partial charge in [0.1, 0.15) is 17.9 Å². The Hall–Kier alpha value is -5.19. The topological polar surface area (TPSA) is 93.4 Å². The smallest absolute Gasteiger partial charge is 0.282 e. The van der Waals surface area contributed by atoms with Crippen LogP contribution in [-0.4, -0.2) is 15.9 Å². The van der Waals surface area contributed by atoms with Crippen molar-refractivity contribution in [3.8, 4) is 23.4 Å². The Morgan fingerprint density at radius 2 is 1.79 bits per heavy atom. The number of hydrogen-bond acceptors (Lipinski definition) is 6. The van der Waals surface area contributed by atoms with Crippen LogP contribution in [0, 0.1) is 11.3 Å². The summed E-state index contributed by atoms with van der Waals surface area (Å²) in [5.74, 6) is 1.18. The monoisotopic (exact) mass is 530 g/mol. The van der Waals surface area contributed by atoms with E-state index in [0.29, 0.717) is 44.1 Å². The first-order valence-corrected chi connectivity index (χ1v) is 12.4. The van der Waals surface area contributed by atoms with Crippen LogP contribution in [0.3, 0.4) is 0 Å². The van der Waals surface area contributed by atoms with E-state index >= 15 is 0 Å². The van der Waals surface area contributed by atoms with E-state index in [1.807, 2.05) is 48.5 Å². The van der Waals surface area contributed by atoms with Gasteiger partial charge in [-0.15, -0.1) is 0 Å². The highest BCUT2D eigenvalue weighted by atomic mass is 35.5. The summed E-state index contributed by atoms with van der Waals surface area (Å²) in [5, 5.41) is 15.5. The van der Waals surface area contributed by atoms with E-state index in [-0.39, 0.29) is 18.0 Å². The molecule has 0 aliphatic heterocycles. The third-order valence-corrected chi connectivity index (χ3v) is 6.49. The normalized spacial score (nSPS) is 11.3. The molecule has 0 saturated heterocycles. The maximum Gasteiger partial charge on any atom is 0.282 e. The number of nitriles is 1. The van der Waals surface area contributed by atoms with Crippen molar-refractivity contribution >= 4 is 39.7 Å².